The summed E-state index contributed by atoms with van der Waals surface area (Å²) in [7, 11) is 1.68. The first-order valence-electron chi connectivity index (χ1n) is 7.97. The lowest BCUT2D eigenvalue weighted by Gasteiger charge is -2.36. The molecule has 0 atom stereocenters. The Morgan fingerprint density at radius 3 is 2.62 bits per heavy atom. The molecule has 2 heterocycles. The predicted octanol–water partition coefficient (Wildman–Crippen LogP) is 3.40. The first-order chi connectivity index (χ1) is 11.9. The van der Waals surface area contributed by atoms with E-state index in [1.807, 2.05) is 11.8 Å². The Morgan fingerprint density at radius 1 is 1.38 bits per heavy atom. The number of hydrogen-bond acceptors (Lipinski definition) is 5. The largest absolute Gasteiger partial charge is 0.434 e. The SMILES string of the molecule is CN=C(NCCc1nc(C(F)(F)F)cs1)NCC1(SC)CCOCC1.I. The van der Waals surface area contributed by atoms with Crippen molar-refractivity contribution >= 4 is 53.0 Å². The van der Waals surface area contributed by atoms with Gasteiger partial charge in [0.25, 0.3) is 0 Å². The molecule has 1 aliphatic heterocycles. The molecule has 0 aromatic carbocycles. The van der Waals surface area contributed by atoms with E-state index in [2.05, 4.69) is 26.9 Å². The van der Waals surface area contributed by atoms with Gasteiger partial charge in [0.1, 0.15) is 0 Å². The molecule has 0 spiro atoms. The number of aliphatic imine (C=N–C) groups is 1. The van der Waals surface area contributed by atoms with Crippen molar-refractivity contribution in [2.75, 3.05) is 39.6 Å². The molecular formula is C15H24F3IN4OS2. The first-order valence-corrected chi connectivity index (χ1v) is 10.1. The van der Waals surface area contributed by atoms with Crippen LogP contribution >= 0.6 is 47.1 Å². The molecule has 26 heavy (non-hydrogen) atoms. The number of aromatic nitrogens is 1. The molecule has 0 saturated carbocycles. The maximum atomic E-state index is 12.5. The van der Waals surface area contributed by atoms with Crippen LogP contribution in [0, 0.1) is 0 Å². The minimum atomic E-state index is -4.38. The topological polar surface area (TPSA) is 58.5 Å². The van der Waals surface area contributed by atoms with Crippen molar-refractivity contribution in [1.29, 1.82) is 0 Å². The number of nitrogens with zero attached hydrogens (tertiary/aromatic N) is 2. The Labute approximate surface area is 177 Å². The highest BCUT2D eigenvalue weighted by molar-refractivity contribution is 14.0. The molecule has 0 aliphatic carbocycles. The zero-order valence-corrected chi connectivity index (χ0v) is 18.7. The van der Waals surface area contributed by atoms with Gasteiger partial charge in [-0.25, -0.2) is 4.98 Å². The number of thiazole rings is 1. The van der Waals surface area contributed by atoms with Gasteiger partial charge in [0.2, 0.25) is 0 Å². The van der Waals surface area contributed by atoms with E-state index in [0.717, 1.165) is 49.3 Å². The third-order valence-corrected chi connectivity index (χ3v) is 6.44. The van der Waals surface area contributed by atoms with Gasteiger partial charge in [-0.1, -0.05) is 0 Å². The summed E-state index contributed by atoms with van der Waals surface area (Å²) in [5.41, 5.74) is -0.823. The normalized spacial score (nSPS) is 17.5. The number of alkyl halides is 3. The molecular weight excluding hydrogens is 500 g/mol. The average molecular weight is 524 g/mol. The molecule has 1 aromatic rings. The van der Waals surface area contributed by atoms with Crippen molar-refractivity contribution in [3.63, 3.8) is 0 Å². The van der Waals surface area contributed by atoms with E-state index in [-0.39, 0.29) is 28.7 Å². The maximum Gasteiger partial charge on any atom is 0.434 e. The second-order valence-electron chi connectivity index (χ2n) is 5.73. The minimum absolute atomic E-state index is 0. The molecule has 0 radical (unpaired) electrons. The Hall–Kier alpha value is -0.270. The molecule has 1 aliphatic rings. The summed E-state index contributed by atoms with van der Waals surface area (Å²) in [5.74, 6) is 0.646. The number of ether oxygens (including phenoxy) is 1. The van der Waals surface area contributed by atoms with Crippen LogP contribution in [-0.2, 0) is 17.3 Å². The van der Waals surface area contributed by atoms with Gasteiger partial charge in [0, 0.05) is 49.9 Å². The quantitative estimate of drug-likeness (QED) is 0.340. The van der Waals surface area contributed by atoms with E-state index >= 15 is 0 Å². The van der Waals surface area contributed by atoms with Crippen molar-refractivity contribution in [3.05, 3.63) is 16.1 Å². The number of rotatable bonds is 6. The van der Waals surface area contributed by atoms with Gasteiger partial charge in [-0.05, 0) is 19.1 Å². The predicted molar refractivity (Wildman–Crippen MR) is 112 cm³/mol. The lowest BCUT2D eigenvalue weighted by molar-refractivity contribution is -0.140. The fraction of sp³-hybridized carbons (Fsp3) is 0.733. The first kappa shape index (κ1) is 23.8. The van der Waals surface area contributed by atoms with E-state index in [9.17, 15) is 13.2 Å². The molecule has 1 aromatic heterocycles. The second-order valence-corrected chi connectivity index (χ2v) is 7.94. The summed E-state index contributed by atoms with van der Waals surface area (Å²) < 4.78 is 43.2. The van der Waals surface area contributed by atoms with E-state index in [4.69, 9.17) is 4.74 Å². The van der Waals surface area contributed by atoms with Crippen LogP contribution in [0.3, 0.4) is 0 Å². The molecule has 0 bridgehead atoms. The molecule has 0 amide bonds. The number of guanidine groups is 1. The van der Waals surface area contributed by atoms with Gasteiger partial charge in [0.05, 0.1) is 5.01 Å². The van der Waals surface area contributed by atoms with Crippen molar-refractivity contribution in [2.45, 2.75) is 30.2 Å². The van der Waals surface area contributed by atoms with Gasteiger partial charge in [-0.15, -0.1) is 35.3 Å². The van der Waals surface area contributed by atoms with Gasteiger partial charge >= 0.3 is 6.18 Å². The average Bonchev–Trinajstić information content (AvgIpc) is 3.08. The van der Waals surface area contributed by atoms with Crippen molar-refractivity contribution < 1.29 is 17.9 Å². The van der Waals surface area contributed by atoms with Crippen LogP contribution in [0.25, 0.3) is 0 Å². The summed E-state index contributed by atoms with van der Waals surface area (Å²) in [4.78, 5) is 7.79. The second kappa shape index (κ2) is 10.9. The molecule has 0 unspecified atom stereocenters. The molecule has 5 nitrogen and oxygen atoms in total. The van der Waals surface area contributed by atoms with Crippen molar-refractivity contribution in [2.24, 2.45) is 4.99 Å². The van der Waals surface area contributed by atoms with Crippen LogP contribution in [0.5, 0.6) is 0 Å². The Bertz CT molecular complexity index is 577. The standard InChI is InChI=1S/C15H23F3N4OS2.HI/c1-19-13(21-10-14(24-2)4-7-23-8-5-14)20-6-3-12-22-11(9-25-12)15(16,17)18;/h9H,3-8,10H2,1-2H3,(H2,19,20,21);1H. The lowest BCUT2D eigenvalue weighted by atomic mass is 9.99. The third-order valence-electron chi connectivity index (χ3n) is 4.11. The number of nitrogens with one attached hydrogen (secondary N) is 2. The smallest absolute Gasteiger partial charge is 0.381 e. The minimum Gasteiger partial charge on any atom is -0.381 e. The van der Waals surface area contributed by atoms with Gasteiger partial charge in [0.15, 0.2) is 11.7 Å². The van der Waals surface area contributed by atoms with Gasteiger partial charge < -0.3 is 15.4 Å². The maximum absolute atomic E-state index is 12.5. The third kappa shape index (κ3) is 7.04. The van der Waals surface area contributed by atoms with E-state index < -0.39 is 11.9 Å². The lowest BCUT2D eigenvalue weighted by Crippen LogP contribution is -2.48. The number of thioether (sulfide) groups is 1. The Kier molecular flexibility index (Phi) is 9.97. The van der Waals surface area contributed by atoms with Crippen LogP contribution in [0.1, 0.15) is 23.5 Å². The Morgan fingerprint density at radius 2 is 2.08 bits per heavy atom. The fourth-order valence-corrected chi connectivity index (χ4v) is 4.10. The Balaban J connectivity index is 0.00000338. The zero-order chi connectivity index (χ0) is 18.3. The zero-order valence-electron chi connectivity index (χ0n) is 14.7. The summed E-state index contributed by atoms with van der Waals surface area (Å²) in [5, 5.41) is 7.95. The van der Waals surface area contributed by atoms with Crippen LogP contribution in [-0.4, -0.2) is 55.3 Å². The summed E-state index contributed by atoms with van der Waals surface area (Å²) in [6, 6.07) is 0. The monoisotopic (exact) mass is 524 g/mol. The summed E-state index contributed by atoms with van der Waals surface area (Å²) in [6.07, 6.45) is 0.109. The van der Waals surface area contributed by atoms with Crippen LogP contribution < -0.4 is 10.6 Å². The molecule has 2 N–H and O–H groups in total. The highest BCUT2D eigenvalue weighted by atomic mass is 127. The summed E-state index contributed by atoms with van der Waals surface area (Å²) >= 11 is 2.86. The van der Waals surface area contributed by atoms with E-state index in [0.29, 0.717) is 23.9 Å². The van der Waals surface area contributed by atoms with Crippen LogP contribution in [0.15, 0.2) is 10.4 Å². The fourth-order valence-electron chi connectivity index (χ4n) is 2.51. The van der Waals surface area contributed by atoms with Crippen molar-refractivity contribution in [3.8, 4) is 0 Å². The number of halogens is 4. The van der Waals surface area contributed by atoms with Gasteiger partial charge in [-0.2, -0.15) is 24.9 Å². The van der Waals surface area contributed by atoms with Crippen LogP contribution in [0.4, 0.5) is 13.2 Å². The molecule has 1 fully saturated rings. The number of hydrogen-bond donors (Lipinski definition) is 2. The molecule has 11 heteroatoms. The molecule has 150 valence electrons. The highest BCUT2D eigenvalue weighted by Crippen LogP contribution is 2.33. The molecule has 1 saturated heterocycles. The van der Waals surface area contributed by atoms with Gasteiger partial charge in [-0.3, -0.25) is 4.99 Å². The summed E-state index contributed by atoms with van der Waals surface area (Å²) in [6.45, 7) is 2.77. The van der Waals surface area contributed by atoms with E-state index in [1.54, 1.807) is 7.05 Å². The van der Waals surface area contributed by atoms with Crippen molar-refractivity contribution in [1.82, 2.24) is 15.6 Å². The van der Waals surface area contributed by atoms with Crippen LogP contribution in [0.2, 0.25) is 0 Å². The highest BCUT2D eigenvalue weighted by Gasteiger charge is 2.34. The molecule has 2 rings (SSSR count). The van der Waals surface area contributed by atoms with E-state index in [1.165, 1.54) is 0 Å².